The molecule has 0 saturated carbocycles. The summed E-state index contributed by atoms with van der Waals surface area (Å²) in [5.74, 6) is 5.98. The number of hydrogen-bond donors (Lipinski definition) is 1. The third-order valence-electron chi connectivity index (χ3n) is 2.48. The largest absolute Gasteiger partial charge is 0.467 e. The summed E-state index contributed by atoms with van der Waals surface area (Å²) < 4.78 is 23.8. The van der Waals surface area contributed by atoms with Crippen LogP contribution in [0, 0.1) is 17.7 Å². The zero-order valence-corrected chi connectivity index (χ0v) is 10.4. The maximum atomic E-state index is 13.2. The van der Waals surface area contributed by atoms with Crippen molar-refractivity contribution in [3.8, 4) is 11.8 Å². The molecular weight excluding hydrogens is 245 g/mol. The molecule has 0 unspecified atom stereocenters. The molecule has 0 amide bonds. The molecule has 0 aliphatic heterocycles. The Kier molecular flexibility index (Phi) is 4.73. The number of hydrogen-bond acceptors (Lipinski definition) is 3. The Hall–Kier alpha value is -2.09. The molecule has 0 radical (unpaired) electrons. The van der Waals surface area contributed by atoms with Crippen LogP contribution in [0.25, 0.3) is 0 Å². The molecule has 0 bridgehead atoms. The zero-order valence-electron chi connectivity index (χ0n) is 10.4. The number of rotatable bonds is 4. The van der Waals surface area contributed by atoms with Crippen molar-refractivity contribution in [2.24, 2.45) is 5.73 Å². The first-order valence-corrected chi connectivity index (χ1v) is 5.87. The summed E-state index contributed by atoms with van der Waals surface area (Å²) in [4.78, 5) is 0. The Morgan fingerprint density at radius 1 is 1.26 bits per heavy atom. The monoisotopic (exact) mass is 259 g/mol. The van der Waals surface area contributed by atoms with Crippen LogP contribution in [0.3, 0.4) is 0 Å². The Bertz CT molecular complexity index is 582. The van der Waals surface area contributed by atoms with Crippen LogP contribution in [0.2, 0.25) is 0 Å². The summed E-state index contributed by atoms with van der Waals surface area (Å²) in [5.41, 5.74) is 6.75. The Morgan fingerprint density at radius 2 is 2.16 bits per heavy atom. The molecule has 19 heavy (non-hydrogen) atoms. The summed E-state index contributed by atoms with van der Waals surface area (Å²) in [6.07, 6.45) is 1.59. The molecule has 0 atom stereocenters. The van der Waals surface area contributed by atoms with E-state index in [2.05, 4.69) is 11.8 Å². The number of halogens is 1. The molecule has 4 heteroatoms. The molecule has 3 nitrogen and oxygen atoms in total. The Labute approximate surface area is 111 Å². The van der Waals surface area contributed by atoms with Crippen molar-refractivity contribution in [3.63, 3.8) is 0 Å². The molecule has 0 aliphatic rings. The van der Waals surface area contributed by atoms with Gasteiger partial charge in [0.25, 0.3) is 0 Å². The third-order valence-corrected chi connectivity index (χ3v) is 2.48. The van der Waals surface area contributed by atoms with Gasteiger partial charge >= 0.3 is 0 Å². The summed E-state index contributed by atoms with van der Waals surface area (Å²) in [7, 11) is 0. The van der Waals surface area contributed by atoms with E-state index in [4.69, 9.17) is 14.9 Å². The first kappa shape index (κ1) is 13.3. The quantitative estimate of drug-likeness (QED) is 0.858. The van der Waals surface area contributed by atoms with Crippen LogP contribution >= 0.6 is 0 Å². The minimum absolute atomic E-state index is 0.239. The highest BCUT2D eigenvalue weighted by Gasteiger charge is 2.03. The molecule has 1 aromatic heterocycles. The van der Waals surface area contributed by atoms with Crippen LogP contribution in [0.4, 0.5) is 4.39 Å². The predicted molar refractivity (Wildman–Crippen MR) is 69.5 cm³/mol. The van der Waals surface area contributed by atoms with E-state index < -0.39 is 0 Å². The minimum Gasteiger partial charge on any atom is -0.467 e. The van der Waals surface area contributed by atoms with Crippen molar-refractivity contribution in [2.75, 3.05) is 6.54 Å². The van der Waals surface area contributed by atoms with Crippen LogP contribution in [0.15, 0.2) is 41.0 Å². The summed E-state index contributed by atoms with van der Waals surface area (Å²) in [5, 5.41) is 0. The van der Waals surface area contributed by atoms with Crippen LogP contribution in [0.1, 0.15) is 16.9 Å². The molecule has 2 aromatic rings. The van der Waals surface area contributed by atoms with Gasteiger partial charge in [-0.15, -0.1) is 0 Å². The number of ether oxygens (including phenoxy) is 1. The average Bonchev–Trinajstić information content (AvgIpc) is 2.91. The third kappa shape index (κ3) is 3.95. The van der Waals surface area contributed by atoms with E-state index in [9.17, 15) is 4.39 Å². The summed E-state index contributed by atoms with van der Waals surface area (Å²) in [6, 6.07) is 8.07. The molecule has 0 fully saturated rings. The molecule has 98 valence electrons. The predicted octanol–water partition coefficient (Wildman–Crippen LogP) is 2.45. The average molecular weight is 259 g/mol. The fraction of sp³-hybridized carbons (Fsp3) is 0.200. The fourth-order valence-corrected chi connectivity index (χ4v) is 1.59. The van der Waals surface area contributed by atoms with Gasteiger partial charge < -0.3 is 14.9 Å². The zero-order chi connectivity index (χ0) is 13.5. The van der Waals surface area contributed by atoms with Crippen molar-refractivity contribution < 1.29 is 13.5 Å². The molecule has 0 aliphatic carbocycles. The second kappa shape index (κ2) is 6.74. The van der Waals surface area contributed by atoms with E-state index in [1.54, 1.807) is 18.4 Å². The van der Waals surface area contributed by atoms with E-state index in [0.717, 1.165) is 11.3 Å². The van der Waals surface area contributed by atoms with E-state index in [0.29, 0.717) is 18.8 Å². The molecule has 2 N–H and O–H groups in total. The van der Waals surface area contributed by atoms with Gasteiger partial charge in [-0.1, -0.05) is 17.9 Å². The van der Waals surface area contributed by atoms with Crippen LogP contribution in [0.5, 0.6) is 0 Å². The lowest BCUT2D eigenvalue weighted by Gasteiger charge is -2.05. The summed E-state index contributed by atoms with van der Waals surface area (Å²) >= 11 is 0. The van der Waals surface area contributed by atoms with Crippen molar-refractivity contribution in [2.45, 2.75) is 13.2 Å². The second-order valence-electron chi connectivity index (χ2n) is 3.88. The van der Waals surface area contributed by atoms with Gasteiger partial charge in [-0.2, -0.15) is 0 Å². The standard InChI is InChI=1S/C15H14FNO2/c16-14-6-5-13(12(9-14)3-1-7-17)10-18-11-15-4-2-8-19-15/h2,4-6,8-9H,7,10-11,17H2. The molecule has 1 heterocycles. The number of nitrogens with two attached hydrogens (primary N) is 1. The lowest BCUT2D eigenvalue weighted by molar-refractivity contribution is 0.0927. The highest BCUT2D eigenvalue weighted by molar-refractivity contribution is 5.41. The first-order chi connectivity index (χ1) is 9.29. The van der Waals surface area contributed by atoms with Gasteiger partial charge in [0.1, 0.15) is 18.2 Å². The maximum absolute atomic E-state index is 13.2. The van der Waals surface area contributed by atoms with E-state index in [1.165, 1.54) is 12.1 Å². The Balaban J connectivity index is 2.02. The van der Waals surface area contributed by atoms with E-state index in [-0.39, 0.29) is 12.4 Å². The van der Waals surface area contributed by atoms with Gasteiger partial charge in [0.05, 0.1) is 19.4 Å². The smallest absolute Gasteiger partial charge is 0.129 e. The highest BCUT2D eigenvalue weighted by Crippen LogP contribution is 2.13. The lowest BCUT2D eigenvalue weighted by Crippen LogP contribution is -1.98. The van der Waals surface area contributed by atoms with Gasteiger partial charge in [-0.25, -0.2) is 4.39 Å². The molecule has 1 aromatic carbocycles. The Morgan fingerprint density at radius 3 is 2.89 bits per heavy atom. The van der Waals surface area contributed by atoms with Gasteiger partial charge in [-0.05, 0) is 29.8 Å². The van der Waals surface area contributed by atoms with Crippen LogP contribution in [-0.2, 0) is 18.0 Å². The second-order valence-corrected chi connectivity index (χ2v) is 3.88. The van der Waals surface area contributed by atoms with Crippen molar-refractivity contribution >= 4 is 0 Å². The maximum Gasteiger partial charge on any atom is 0.129 e. The van der Waals surface area contributed by atoms with Crippen molar-refractivity contribution in [3.05, 3.63) is 59.3 Å². The van der Waals surface area contributed by atoms with E-state index >= 15 is 0 Å². The molecule has 0 spiro atoms. The van der Waals surface area contributed by atoms with Gasteiger partial charge in [-0.3, -0.25) is 0 Å². The normalized spacial score (nSPS) is 10.0. The van der Waals surface area contributed by atoms with Crippen LogP contribution in [-0.4, -0.2) is 6.54 Å². The first-order valence-electron chi connectivity index (χ1n) is 5.87. The molecule has 0 saturated heterocycles. The molecular formula is C15H14FNO2. The SMILES string of the molecule is NCC#Cc1cc(F)ccc1COCc1ccco1. The van der Waals surface area contributed by atoms with Gasteiger partial charge in [0.15, 0.2) is 0 Å². The van der Waals surface area contributed by atoms with Gasteiger partial charge in [0.2, 0.25) is 0 Å². The van der Waals surface area contributed by atoms with Crippen molar-refractivity contribution in [1.29, 1.82) is 0 Å². The van der Waals surface area contributed by atoms with Crippen LogP contribution < -0.4 is 5.73 Å². The van der Waals surface area contributed by atoms with E-state index in [1.807, 2.05) is 6.07 Å². The number of furan rings is 1. The topological polar surface area (TPSA) is 48.4 Å². The highest BCUT2D eigenvalue weighted by atomic mass is 19.1. The lowest BCUT2D eigenvalue weighted by atomic mass is 10.1. The molecule has 2 rings (SSSR count). The summed E-state index contributed by atoms with van der Waals surface area (Å²) in [6.45, 7) is 0.951. The van der Waals surface area contributed by atoms with Crippen molar-refractivity contribution in [1.82, 2.24) is 0 Å². The number of benzene rings is 1. The fourth-order valence-electron chi connectivity index (χ4n) is 1.59. The van der Waals surface area contributed by atoms with Gasteiger partial charge in [0, 0.05) is 5.56 Å². The minimum atomic E-state index is -0.323.